The van der Waals surface area contributed by atoms with Gasteiger partial charge in [-0.15, -0.1) is 0 Å². The van der Waals surface area contributed by atoms with Gasteiger partial charge in [-0.25, -0.2) is 4.79 Å². The fourth-order valence-electron chi connectivity index (χ4n) is 0.376. The second-order valence-corrected chi connectivity index (χ2v) is 3.08. The van der Waals surface area contributed by atoms with Crippen molar-refractivity contribution in [1.29, 1.82) is 0 Å². The first-order valence-electron chi connectivity index (χ1n) is 2.47. The average molecular weight is 195 g/mol. The zero-order chi connectivity index (χ0) is 9.94. The van der Waals surface area contributed by atoms with E-state index in [1.165, 1.54) is 0 Å². The van der Waals surface area contributed by atoms with Crippen molar-refractivity contribution in [2.75, 3.05) is 0 Å². The number of nitrogens with two attached hydrogens (primary N) is 1. The number of hydrogen-bond donors (Lipinski definition) is 3. The zero-order valence-corrected chi connectivity index (χ0v) is 6.41. The molecule has 0 fully saturated rings. The van der Waals surface area contributed by atoms with Crippen LogP contribution in [0.1, 0.15) is 0 Å². The highest BCUT2D eigenvalue weighted by atomic mass is 32.2. The first-order valence-corrected chi connectivity index (χ1v) is 3.91. The molecule has 0 unspecified atom stereocenters. The van der Waals surface area contributed by atoms with E-state index in [0.717, 1.165) is 0 Å². The molecular weight excluding hydrogens is 190 g/mol. The predicted molar refractivity (Wildman–Crippen MR) is 36.5 cm³/mol. The highest BCUT2D eigenvalue weighted by Crippen LogP contribution is 2.02. The van der Waals surface area contributed by atoms with Crippen LogP contribution in [0.4, 0.5) is 0 Å². The molecule has 4 N–H and O–H groups in total. The summed E-state index contributed by atoms with van der Waals surface area (Å²) in [6.07, 6.45) is 0.109. The lowest BCUT2D eigenvalue weighted by Crippen LogP contribution is -2.16. The van der Waals surface area contributed by atoms with Crippen LogP contribution in [-0.2, 0) is 19.7 Å². The van der Waals surface area contributed by atoms with Gasteiger partial charge in [0.05, 0.1) is 0 Å². The van der Waals surface area contributed by atoms with Gasteiger partial charge in [0, 0.05) is 6.08 Å². The van der Waals surface area contributed by atoms with Crippen molar-refractivity contribution in [3.63, 3.8) is 0 Å². The highest BCUT2D eigenvalue weighted by Gasteiger charge is 2.22. The molecule has 0 heterocycles. The Morgan fingerprint density at radius 2 is 1.75 bits per heavy atom. The van der Waals surface area contributed by atoms with Crippen molar-refractivity contribution in [3.8, 4) is 0 Å². The van der Waals surface area contributed by atoms with E-state index < -0.39 is 26.9 Å². The second-order valence-electron chi connectivity index (χ2n) is 1.69. The number of amides is 1. The largest absolute Gasteiger partial charge is 0.477 e. The van der Waals surface area contributed by atoms with E-state index in [4.69, 9.17) is 9.66 Å². The summed E-state index contributed by atoms with van der Waals surface area (Å²) in [6.45, 7) is 0. The number of primary amides is 1. The molecule has 0 aliphatic heterocycles. The number of hydrogen-bond acceptors (Lipinski definition) is 4. The van der Waals surface area contributed by atoms with Gasteiger partial charge in [0.2, 0.25) is 5.91 Å². The number of carbonyl (C=O) groups is 2. The Kier molecular flexibility index (Phi) is 2.93. The van der Waals surface area contributed by atoms with Gasteiger partial charge in [-0.1, -0.05) is 0 Å². The third-order valence-electron chi connectivity index (χ3n) is 0.762. The Morgan fingerprint density at radius 3 is 1.83 bits per heavy atom. The normalized spacial score (nSPS) is 12.6. The third kappa shape index (κ3) is 3.12. The quantitative estimate of drug-likeness (QED) is 0.364. The van der Waals surface area contributed by atoms with Gasteiger partial charge in [-0.2, -0.15) is 8.42 Å². The average Bonchev–Trinajstić information content (AvgIpc) is 1.79. The van der Waals surface area contributed by atoms with E-state index in [-0.39, 0.29) is 6.08 Å². The number of carboxylic acid groups (broad SMARTS) is 1. The summed E-state index contributed by atoms with van der Waals surface area (Å²) in [4.78, 5) is 18.7. The Hall–Kier alpha value is -1.41. The molecule has 0 radical (unpaired) electrons. The molecule has 68 valence electrons. The summed E-state index contributed by atoms with van der Waals surface area (Å²) < 4.78 is 28.6. The molecule has 0 spiro atoms. The minimum absolute atomic E-state index is 0.109. The Bertz CT molecular complexity index is 339. The zero-order valence-electron chi connectivity index (χ0n) is 5.59. The molecule has 1 amide bonds. The van der Waals surface area contributed by atoms with Gasteiger partial charge >= 0.3 is 16.1 Å². The van der Waals surface area contributed by atoms with Crippen molar-refractivity contribution in [2.24, 2.45) is 5.73 Å². The van der Waals surface area contributed by atoms with Crippen molar-refractivity contribution in [2.45, 2.75) is 0 Å². The van der Waals surface area contributed by atoms with Crippen LogP contribution in [0, 0.1) is 0 Å². The van der Waals surface area contributed by atoms with E-state index in [1.807, 2.05) is 0 Å². The van der Waals surface area contributed by atoms with Gasteiger partial charge in [0.1, 0.15) is 0 Å². The molecule has 0 aromatic rings. The summed E-state index contributed by atoms with van der Waals surface area (Å²) in [5.41, 5.74) is 4.47. The van der Waals surface area contributed by atoms with Crippen molar-refractivity contribution in [3.05, 3.63) is 11.0 Å². The molecule has 8 heteroatoms. The van der Waals surface area contributed by atoms with Gasteiger partial charge in [-0.3, -0.25) is 9.35 Å². The number of carboxylic acids is 1. The molecule has 0 aliphatic rings. The highest BCUT2D eigenvalue weighted by molar-refractivity contribution is 7.90. The fourth-order valence-corrected chi connectivity index (χ4v) is 0.861. The number of carbonyl (C=O) groups excluding carboxylic acids is 1. The molecule has 0 atom stereocenters. The Balaban J connectivity index is 5.23. The molecule has 12 heavy (non-hydrogen) atoms. The first-order chi connectivity index (χ1) is 5.25. The standard InChI is InChI=1S/C4H5NO6S/c5-3(6)1-2(4(7)8)12(9,10)11/h1H,(H2,5,6)(H,7,8)(H,9,10,11). The van der Waals surface area contributed by atoms with Crippen LogP contribution in [0.3, 0.4) is 0 Å². The lowest BCUT2D eigenvalue weighted by Gasteiger charge is -1.94. The van der Waals surface area contributed by atoms with Gasteiger partial charge < -0.3 is 10.8 Å². The number of aliphatic carboxylic acids is 1. The SMILES string of the molecule is NC(=O)C=C(C(=O)O)S(=O)(=O)O. The summed E-state index contributed by atoms with van der Waals surface area (Å²) in [6, 6.07) is 0. The maximum Gasteiger partial charge on any atom is 0.350 e. The minimum Gasteiger partial charge on any atom is -0.477 e. The van der Waals surface area contributed by atoms with Gasteiger partial charge in [0.15, 0.2) is 4.91 Å². The van der Waals surface area contributed by atoms with E-state index in [9.17, 15) is 18.0 Å². The predicted octanol–water partition coefficient (Wildman–Crippen LogP) is -1.67. The fraction of sp³-hybridized carbons (Fsp3) is 0. The molecule has 0 saturated heterocycles. The van der Waals surface area contributed by atoms with Crippen molar-refractivity contribution in [1.82, 2.24) is 0 Å². The molecular formula is C4H5NO6S. The maximum absolute atomic E-state index is 10.2. The van der Waals surface area contributed by atoms with E-state index in [1.54, 1.807) is 0 Å². The van der Waals surface area contributed by atoms with Crippen LogP contribution in [0.15, 0.2) is 11.0 Å². The third-order valence-corrected chi connectivity index (χ3v) is 1.61. The first kappa shape index (κ1) is 10.6. The monoisotopic (exact) mass is 195 g/mol. The van der Waals surface area contributed by atoms with Gasteiger partial charge in [0.25, 0.3) is 0 Å². The molecule has 0 aromatic carbocycles. The molecule has 0 aliphatic carbocycles. The van der Waals surface area contributed by atoms with Crippen LogP contribution >= 0.6 is 0 Å². The lowest BCUT2D eigenvalue weighted by atomic mass is 10.5. The van der Waals surface area contributed by atoms with Crippen LogP contribution in [0.25, 0.3) is 0 Å². The summed E-state index contributed by atoms with van der Waals surface area (Å²) in [5, 5.41) is 8.14. The lowest BCUT2D eigenvalue weighted by molar-refractivity contribution is -0.132. The van der Waals surface area contributed by atoms with Gasteiger partial charge in [-0.05, 0) is 0 Å². The van der Waals surface area contributed by atoms with E-state index in [2.05, 4.69) is 5.73 Å². The van der Waals surface area contributed by atoms with Crippen molar-refractivity contribution >= 4 is 22.0 Å². The summed E-state index contributed by atoms with van der Waals surface area (Å²) in [5.74, 6) is -3.22. The van der Waals surface area contributed by atoms with Crippen molar-refractivity contribution < 1.29 is 27.7 Å². The molecule has 7 nitrogen and oxygen atoms in total. The second kappa shape index (κ2) is 3.32. The molecule has 0 bridgehead atoms. The maximum atomic E-state index is 10.2. The smallest absolute Gasteiger partial charge is 0.350 e. The number of rotatable bonds is 3. The Labute approximate surface area is 67.2 Å². The van der Waals surface area contributed by atoms with Crippen LogP contribution in [-0.4, -0.2) is 30.0 Å². The van der Waals surface area contributed by atoms with E-state index >= 15 is 0 Å². The van der Waals surface area contributed by atoms with E-state index in [0.29, 0.717) is 0 Å². The molecule has 0 aromatic heterocycles. The van der Waals surface area contributed by atoms with Crippen LogP contribution < -0.4 is 5.73 Å². The topological polar surface area (TPSA) is 135 Å². The molecule has 0 rings (SSSR count). The summed E-state index contributed by atoms with van der Waals surface area (Å²) >= 11 is 0. The Morgan fingerprint density at radius 1 is 1.33 bits per heavy atom. The van der Waals surface area contributed by atoms with Crippen LogP contribution in [0.5, 0.6) is 0 Å². The molecule has 0 saturated carbocycles. The van der Waals surface area contributed by atoms with Crippen LogP contribution in [0.2, 0.25) is 0 Å². The minimum atomic E-state index is -4.90. The summed E-state index contributed by atoms with van der Waals surface area (Å²) in [7, 11) is -4.90.